The molecular weight excluding hydrogens is 236 g/mol. The van der Waals surface area contributed by atoms with Gasteiger partial charge in [-0.1, -0.05) is 70.9 Å². The summed E-state index contributed by atoms with van der Waals surface area (Å²) in [5, 5.41) is 16.5. The van der Waals surface area contributed by atoms with Gasteiger partial charge < -0.3 is 10.2 Å². The number of hydrogen-bond donors (Lipinski definition) is 2. The molecule has 0 bridgehead atoms. The Bertz CT molecular complexity index is 186. The maximum Gasteiger partial charge on any atom is 0.0751 e. The first-order chi connectivity index (χ1) is 9.33. The van der Waals surface area contributed by atoms with Gasteiger partial charge in [0.25, 0.3) is 0 Å². The number of aliphatic hydroxyl groups is 2. The SMILES string of the molecule is CCCCCCC=CO.CCCCCCCC=CO. The van der Waals surface area contributed by atoms with Gasteiger partial charge in [0.05, 0.1) is 12.5 Å². The van der Waals surface area contributed by atoms with Gasteiger partial charge in [0.2, 0.25) is 0 Å². The van der Waals surface area contributed by atoms with E-state index in [1.165, 1.54) is 57.8 Å². The fraction of sp³-hybridized carbons (Fsp3) is 0.765. The fourth-order valence-corrected chi connectivity index (χ4v) is 1.70. The molecular formula is C17H34O2. The van der Waals surface area contributed by atoms with Crippen molar-refractivity contribution in [1.29, 1.82) is 0 Å². The van der Waals surface area contributed by atoms with Crippen molar-refractivity contribution in [3.63, 3.8) is 0 Å². The first-order valence-corrected chi connectivity index (χ1v) is 7.91. The zero-order valence-electron chi connectivity index (χ0n) is 13.0. The van der Waals surface area contributed by atoms with Gasteiger partial charge in [0, 0.05) is 0 Å². The molecule has 0 aliphatic carbocycles. The fourth-order valence-electron chi connectivity index (χ4n) is 1.70. The van der Waals surface area contributed by atoms with Gasteiger partial charge in [-0.2, -0.15) is 0 Å². The lowest BCUT2D eigenvalue weighted by Gasteiger charge is -1.94. The molecule has 0 amide bonds. The van der Waals surface area contributed by atoms with Crippen molar-refractivity contribution in [2.24, 2.45) is 0 Å². The molecule has 19 heavy (non-hydrogen) atoms. The van der Waals surface area contributed by atoms with Gasteiger partial charge in [0.1, 0.15) is 0 Å². The van der Waals surface area contributed by atoms with Crippen LogP contribution in [0.15, 0.2) is 24.7 Å². The normalized spacial score (nSPS) is 10.8. The number of allylic oxidation sites excluding steroid dienone is 2. The van der Waals surface area contributed by atoms with E-state index >= 15 is 0 Å². The number of hydrogen-bond acceptors (Lipinski definition) is 2. The molecule has 0 aromatic carbocycles. The zero-order valence-corrected chi connectivity index (χ0v) is 13.0. The topological polar surface area (TPSA) is 40.5 Å². The Morgan fingerprint density at radius 2 is 0.947 bits per heavy atom. The zero-order chi connectivity index (χ0) is 14.6. The summed E-state index contributed by atoms with van der Waals surface area (Å²) in [6.07, 6.45) is 19.6. The van der Waals surface area contributed by atoms with Crippen molar-refractivity contribution in [1.82, 2.24) is 0 Å². The monoisotopic (exact) mass is 270 g/mol. The van der Waals surface area contributed by atoms with Crippen LogP contribution in [0, 0.1) is 0 Å². The lowest BCUT2D eigenvalue weighted by atomic mass is 10.1. The van der Waals surface area contributed by atoms with Crippen LogP contribution in [0.3, 0.4) is 0 Å². The van der Waals surface area contributed by atoms with E-state index < -0.39 is 0 Å². The summed E-state index contributed by atoms with van der Waals surface area (Å²) in [4.78, 5) is 0. The molecule has 0 unspecified atom stereocenters. The molecule has 114 valence electrons. The predicted octanol–water partition coefficient (Wildman–Crippen LogP) is 6.45. The minimum absolute atomic E-state index is 1.02. The van der Waals surface area contributed by atoms with Gasteiger partial charge >= 0.3 is 0 Å². The lowest BCUT2D eigenvalue weighted by molar-refractivity contribution is 0.469. The molecule has 2 N–H and O–H groups in total. The summed E-state index contributed by atoms with van der Waals surface area (Å²) in [5.41, 5.74) is 0. The van der Waals surface area contributed by atoms with E-state index in [2.05, 4.69) is 13.8 Å². The quantitative estimate of drug-likeness (QED) is 0.334. The predicted molar refractivity (Wildman–Crippen MR) is 85.7 cm³/mol. The molecule has 0 atom stereocenters. The van der Waals surface area contributed by atoms with Crippen LogP contribution in [0.5, 0.6) is 0 Å². The van der Waals surface area contributed by atoms with Crippen LogP contribution in [0.2, 0.25) is 0 Å². The van der Waals surface area contributed by atoms with E-state index in [1.54, 1.807) is 6.08 Å². The number of aliphatic hydroxyl groups excluding tert-OH is 2. The molecule has 0 aromatic rings. The van der Waals surface area contributed by atoms with Gasteiger partial charge in [-0.05, 0) is 25.7 Å². The molecule has 0 saturated heterocycles. The highest BCUT2D eigenvalue weighted by atomic mass is 16.2. The lowest BCUT2D eigenvalue weighted by Crippen LogP contribution is -1.75. The van der Waals surface area contributed by atoms with Crippen molar-refractivity contribution >= 4 is 0 Å². The third-order valence-electron chi connectivity index (χ3n) is 2.91. The largest absolute Gasteiger partial charge is 0.516 e. The summed E-state index contributed by atoms with van der Waals surface area (Å²) < 4.78 is 0. The Kier molecular flexibility index (Phi) is 23.9. The average Bonchev–Trinajstić information content (AvgIpc) is 2.43. The first kappa shape index (κ1) is 20.4. The Labute approximate surface area is 120 Å². The summed E-state index contributed by atoms with van der Waals surface area (Å²) >= 11 is 0. The Hall–Kier alpha value is -0.920. The highest BCUT2D eigenvalue weighted by Gasteiger charge is 1.85. The van der Waals surface area contributed by atoms with E-state index in [1.807, 2.05) is 6.08 Å². The minimum atomic E-state index is 1.02. The van der Waals surface area contributed by atoms with Crippen LogP contribution in [0.1, 0.15) is 84.5 Å². The summed E-state index contributed by atoms with van der Waals surface area (Å²) in [7, 11) is 0. The van der Waals surface area contributed by atoms with Crippen molar-refractivity contribution in [2.75, 3.05) is 0 Å². The molecule has 0 radical (unpaired) electrons. The maximum absolute atomic E-state index is 8.29. The second-order valence-electron chi connectivity index (χ2n) is 4.82. The van der Waals surface area contributed by atoms with Crippen LogP contribution >= 0.6 is 0 Å². The molecule has 0 fully saturated rings. The molecule has 0 aliphatic rings. The van der Waals surface area contributed by atoms with Crippen LogP contribution < -0.4 is 0 Å². The molecule has 0 rings (SSSR count). The van der Waals surface area contributed by atoms with Crippen molar-refractivity contribution < 1.29 is 10.2 Å². The maximum atomic E-state index is 8.29. The van der Waals surface area contributed by atoms with Gasteiger partial charge in [-0.3, -0.25) is 0 Å². The van der Waals surface area contributed by atoms with E-state index in [0.29, 0.717) is 0 Å². The number of rotatable bonds is 11. The second kappa shape index (κ2) is 22.3. The minimum Gasteiger partial charge on any atom is -0.516 e. The van der Waals surface area contributed by atoms with Gasteiger partial charge in [-0.25, -0.2) is 0 Å². The third-order valence-corrected chi connectivity index (χ3v) is 2.91. The van der Waals surface area contributed by atoms with Crippen molar-refractivity contribution in [3.8, 4) is 0 Å². The van der Waals surface area contributed by atoms with E-state index in [4.69, 9.17) is 10.2 Å². The van der Waals surface area contributed by atoms with Gasteiger partial charge in [-0.15, -0.1) is 0 Å². The molecule has 0 spiro atoms. The third kappa shape index (κ3) is 26.6. The van der Waals surface area contributed by atoms with Crippen LogP contribution in [-0.4, -0.2) is 10.2 Å². The highest BCUT2D eigenvalue weighted by molar-refractivity contribution is 4.71. The summed E-state index contributed by atoms with van der Waals surface area (Å²) in [6, 6.07) is 0. The van der Waals surface area contributed by atoms with Crippen molar-refractivity contribution in [2.45, 2.75) is 84.5 Å². The molecule has 2 heteroatoms. The van der Waals surface area contributed by atoms with Crippen LogP contribution in [-0.2, 0) is 0 Å². The Balaban J connectivity index is 0. The summed E-state index contributed by atoms with van der Waals surface area (Å²) in [6.45, 7) is 4.41. The van der Waals surface area contributed by atoms with E-state index in [-0.39, 0.29) is 0 Å². The van der Waals surface area contributed by atoms with Crippen LogP contribution in [0.25, 0.3) is 0 Å². The summed E-state index contributed by atoms with van der Waals surface area (Å²) in [5.74, 6) is 0. The second-order valence-corrected chi connectivity index (χ2v) is 4.82. The molecule has 2 nitrogen and oxygen atoms in total. The van der Waals surface area contributed by atoms with E-state index in [9.17, 15) is 0 Å². The molecule has 0 saturated carbocycles. The van der Waals surface area contributed by atoms with Crippen molar-refractivity contribution in [3.05, 3.63) is 24.7 Å². The highest BCUT2D eigenvalue weighted by Crippen LogP contribution is 2.04. The number of unbranched alkanes of at least 4 members (excludes halogenated alkanes) is 9. The Morgan fingerprint density at radius 1 is 0.579 bits per heavy atom. The standard InChI is InChI=1S/C9H18O.C8H16O/c1-2-3-4-5-6-7-8-9-10;1-2-3-4-5-6-7-8-9/h8-10H,2-7H2,1H3;7-9H,2-6H2,1H3. The van der Waals surface area contributed by atoms with Gasteiger partial charge in [0.15, 0.2) is 0 Å². The average molecular weight is 270 g/mol. The first-order valence-electron chi connectivity index (χ1n) is 7.91. The smallest absolute Gasteiger partial charge is 0.0751 e. The molecule has 0 aliphatic heterocycles. The Morgan fingerprint density at radius 3 is 1.32 bits per heavy atom. The molecule has 0 aromatic heterocycles. The van der Waals surface area contributed by atoms with Crippen LogP contribution in [0.4, 0.5) is 0 Å². The van der Waals surface area contributed by atoms with E-state index in [0.717, 1.165) is 25.4 Å². The molecule has 0 heterocycles.